The third-order valence-electron chi connectivity index (χ3n) is 8.72. The summed E-state index contributed by atoms with van der Waals surface area (Å²) in [7, 11) is -1.95. The van der Waals surface area contributed by atoms with Gasteiger partial charge < -0.3 is 20.4 Å². The predicted octanol–water partition coefficient (Wildman–Crippen LogP) is 6.59. The Morgan fingerprint density at radius 2 is 1.90 bits per heavy atom. The Morgan fingerprint density at radius 1 is 1.12 bits per heavy atom. The first-order valence-corrected chi connectivity index (χ1v) is 17.2. The van der Waals surface area contributed by atoms with E-state index < -0.39 is 8.32 Å². The second-order valence-corrected chi connectivity index (χ2v) is 17.9. The van der Waals surface area contributed by atoms with E-state index in [1.165, 1.54) is 12.8 Å². The summed E-state index contributed by atoms with van der Waals surface area (Å²) >= 11 is 0. The molecule has 5 rings (SSSR count). The molecule has 1 aliphatic carbocycles. The van der Waals surface area contributed by atoms with Crippen LogP contribution in [0.15, 0.2) is 42.6 Å². The average molecular weight is 566 g/mol. The number of nitrogens with zero attached hydrogens (tertiary/aromatic N) is 4. The van der Waals surface area contributed by atoms with Crippen molar-refractivity contribution in [3.05, 3.63) is 64.8 Å². The molecule has 3 N–H and O–H groups in total. The maximum absolute atomic E-state index is 10.0. The Balaban J connectivity index is 1.45. The summed E-state index contributed by atoms with van der Waals surface area (Å²) in [5.41, 5.74) is 6.28. The van der Waals surface area contributed by atoms with Gasteiger partial charge in [0.25, 0.3) is 0 Å². The molecule has 8 nitrogen and oxygen atoms in total. The highest BCUT2D eigenvalue weighted by atomic mass is 28.4. The molecular weight excluding hydrogens is 526 g/mol. The van der Waals surface area contributed by atoms with Gasteiger partial charge in [0.1, 0.15) is 6.07 Å². The molecule has 0 radical (unpaired) electrons. The number of nitrogens with one attached hydrogen (secondary N) is 3. The Kier molecular flexibility index (Phi) is 7.65. The molecule has 3 aromatic rings. The summed E-state index contributed by atoms with van der Waals surface area (Å²) in [6, 6.07) is 16.7. The summed E-state index contributed by atoms with van der Waals surface area (Å²) in [5.74, 6) is 0.436. The normalized spacial score (nSPS) is 18.2. The molecule has 0 spiro atoms. The lowest BCUT2D eigenvalue weighted by atomic mass is 9.83. The number of anilines is 3. The van der Waals surface area contributed by atoms with E-state index in [0.29, 0.717) is 42.8 Å². The van der Waals surface area contributed by atoms with Gasteiger partial charge in [-0.1, -0.05) is 33.8 Å². The van der Waals surface area contributed by atoms with Gasteiger partial charge in [-0.3, -0.25) is 0 Å². The minimum absolute atomic E-state index is 0.114. The minimum atomic E-state index is -1.95. The molecule has 212 valence electrons. The highest BCUT2D eigenvalue weighted by molar-refractivity contribution is 6.74. The molecule has 2 heterocycles. The molecule has 1 fully saturated rings. The van der Waals surface area contributed by atoms with Gasteiger partial charge in [0.05, 0.1) is 28.6 Å². The van der Waals surface area contributed by atoms with Gasteiger partial charge in [0.15, 0.2) is 8.32 Å². The van der Waals surface area contributed by atoms with Crippen LogP contribution in [0.1, 0.15) is 62.8 Å². The van der Waals surface area contributed by atoms with Crippen LogP contribution in [0.25, 0.3) is 11.3 Å². The first-order valence-electron chi connectivity index (χ1n) is 14.3. The molecule has 0 unspecified atom stereocenters. The summed E-state index contributed by atoms with van der Waals surface area (Å²) in [5, 5.41) is 30.0. The Labute approximate surface area is 244 Å². The topological polar surface area (TPSA) is 119 Å². The van der Waals surface area contributed by atoms with Crippen LogP contribution < -0.4 is 16.0 Å². The predicted molar refractivity (Wildman–Crippen MR) is 165 cm³/mol. The van der Waals surface area contributed by atoms with Gasteiger partial charge in [-0.05, 0) is 72.4 Å². The number of nitriles is 2. The molecule has 1 aromatic heterocycles. The second-order valence-electron chi connectivity index (χ2n) is 13.1. The van der Waals surface area contributed by atoms with Crippen molar-refractivity contribution in [1.82, 2.24) is 15.3 Å². The molecule has 1 aliphatic heterocycles. The van der Waals surface area contributed by atoms with Crippen LogP contribution in [0, 0.1) is 22.7 Å². The van der Waals surface area contributed by atoms with E-state index in [1.807, 2.05) is 30.3 Å². The Hall–Kier alpha value is -3.76. The molecule has 0 saturated heterocycles. The molecule has 0 amide bonds. The summed E-state index contributed by atoms with van der Waals surface area (Å²) in [6.45, 7) is 15.5. The molecule has 0 bridgehead atoms. The van der Waals surface area contributed by atoms with Crippen molar-refractivity contribution in [2.75, 3.05) is 23.8 Å². The average Bonchev–Trinajstić information content (AvgIpc) is 3.72. The maximum Gasteiger partial charge on any atom is 0.227 e. The van der Waals surface area contributed by atoms with Gasteiger partial charge >= 0.3 is 0 Å². The van der Waals surface area contributed by atoms with E-state index in [0.717, 1.165) is 33.8 Å². The monoisotopic (exact) mass is 565 g/mol. The highest BCUT2D eigenvalue weighted by Gasteiger charge is 2.42. The third kappa shape index (κ3) is 6.13. The van der Waals surface area contributed by atoms with Crippen molar-refractivity contribution in [3.8, 4) is 23.4 Å². The number of benzene rings is 2. The summed E-state index contributed by atoms with van der Waals surface area (Å²) < 4.78 is 6.66. The van der Waals surface area contributed by atoms with Gasteiger partial charge in [-0.15, -0.1) is 0 Å². The fourth-order valence-electron chi connectivity index (χ4n) is 4.77. The van der Waals surface area contributed by atoms with E-state index >= 15 is 0 Å². The van der Waals surface area contributed by atoms with E-state index in [1.54, 1.807) is 6.20 Å². The lowest BCUT2D eigenvalue weighted by Crippen LogP contribution is -2.45. The van der Waals surface area contributed by atoms with E-state index in [-0.39, 0.29) is 10.5 Å². The van der Waals surface area contributed by atoms with E-state index in [4.69, 9.17) is 9.41 Å². The largest absolute Gasteiger partial charge is 0.416 e. The molecule has 9 heteroatoms. The lowest BCUT2D eigenvalue weighted by molar-refractivity contribution is 0.220. The van der Waals surface area contributed by atoms with Crippen LogP contribution in [0.2, 0.25) is 18.1 Å². The zero-order valence-electron chi connectivity index (χ0n) is 24.9. The van der Waals surface area contributed by atoms with Gasteiger partial charge in [-0.25, -0.2) is 9.97 Å². The van der Waals surface area contributed by atoms with E-state index in [9.17, 15) is 10.5 Å². The van der Waals surface area contributed by atoms with Crippen LogP contribution in [0.4, 0.5) is 17.3 Å². The molecule has 1 atom stereocenters. The number of aromatic nitrogens is 2. The van der Waals surface area contributed by atoms with Crippen molar-refractivity contribution in [2.45, 2.75) is 76.7 Å². The first-order chi connectivity index (χ1) is 19.4. The van der Waals surface area contributed by atoms with Crippen molar-refractivity contribution in [2.24, 2.45) is 0 Å². The third-order valence-corrected chi connectivity index (χ3v) is 13.2. The Morgan fingerprint density at radius 3 is 2.59 bits per heavy atom. The van der Waals surface area contributed by atoms with Crippen molar-refractivity contribution < 1.29 is 4.43 Å². The number of hydrogen-bond acceptors (Lipinski definition) is 8. The zero-order chi connectivity index (χ0) is 29.4. The van der Waals surface area contributed by atoms with Gasteiger partial charge in [-0.2, -0.15) is 10.5 Å². The van der Waals surface area contributed by atoms with Gasteiger partial charge in [0, 0.05) is 48.6 Å². The SMILES string of the molecule is CC(C)(C)[Si](C)(C)OC[C@@]1(C)CNc2c(C#N)cc(-c3ccnc(Nc4cc(C#N)ccc4CNC4CC4)n3)cc21. The molecular formula is C32H39N7OSi. The van der Waals surface area contributed by atoms with Gasteiger partial charge in [0.2, 0.25) is 5.95 Å². The summed E-state index contributed by atoms with van der Waals surface area (Å²) in [4.78, 5) is 9.30. The standard InChI is InChI=1S/C32H39N7OSi/c1-31(2,3)41(5,6)40-20-32(4)19-37-29-24(17-34)14-23(15-26(29)32)27-11-12-35-30(38-27)39-28-13-21(16-33)7-8-22(28)18-36-25-9-10-25/h7-8,11-15,25,36-37H,9-10,18-20H2,1-6H3,(H,35,38,39)/t32-/m1/s1. The van der Waals surface area contributed by atoms with Crippen molar-refractivity contribution in [1.29, 1.82) is 10.5 Å². The number of fused-ring (bicyclic) bond motifs is 1. The quantitative estimate of drug-likeness (QED) is 0.249. The van der Waals surface area contributed by atoms with Crippen molar-refractivity contribution in [3.63, 3.8) is 0 Å². The van der Waals surface area contributed by atoms with Crippen LogP contribution >= 0.6 is 0 Å². The van der Waals surface area contributed by atoms with Crippen LogP contribution in [-0.4, -0.2) is 37.5 Å². The summed E-state index contributed by atoms with van der Waals surface area (Å²) in [6.07, 6.45) is 4.12. The first kappa shape index (κ1) is 28.8. The maximum atomic E-state index is 10.0. The molecule has 1 saturated carbocycles. The fourth-order valence-corrected chi connectivity index (χ4v) is 5.88. The lowest BCUT2D eigenvalue weighted by Gasteiger charge is -2.39. The second kappa shape index (κ2) is 10.9. The highest BCUT2D eigenvalue weighted by Crippen LogP contribution is 2.44. The van der Waals surface area contributed by atoms with Crippen LogP contribution in [0.3, 0.4) is 0 Å². The zero-order valence-corrected chi connectivity index (χ0v) is 25.9. The molecule has 2 aromatic carbocycles. The number of hydrogen-bond donors (Lipinski definition) is 3. The minimum Gasteiger partial charge on any atom is -0.416 e. The fraction of sp³-hybridized carbons (Fsp3) is 0.438. The Bertz CT molecular complexity index is 1550. The number of rotatable bonds is 9. The molecule has 41 heavy (non-hydrogen) atoms. The van der Waals surface area contributed by atoms with Crippen LogP contribution in [-0.2, 0) is 16.4 Å². The van der Waals surface area contributed by atoms with Crippen LogP contribution in [0.5, 0.6) is 0 Å². The van der Waals surface area contributed by atoms with Crippen molar-refractivity contribution >= 4 is 25.6 Å². The van der Waals surface area contributed by atoms with E-state index in [2.05, 4.69) is 79.9 Å². The molecule has 2 aliphatic rings. The smallest absolute Gasteiger partial charge is 0.227 e.